The van der Waals surface area contributed by atoms with E-state index in [2.05, 4.69) is 30.6 Å². The molecule has 1 aliphatic heterocycles. The van der Waals surface area contributed by atoms with Gasteiger partial charge in [0, 0.05) is 52.3 Å². The lowest BCUT2D eigenvalue weighted by molar-refractivity contribution is -0.168. The molecule has 0 spiro atoms. The summed E-state index contributed by atoms with van der Waals surface area (Å²) in [5.74, 6) is -1.29. The first-order chi connectivity index (χ1) is 18.0. The number of aromatic nitrogens is 6. The zero-order valence-corrected chi connectivity index (χ0v) is 20.5. The molecule has 3 aromatic rings. The van der Waals surface area contributed by atoms with E-state index < -0.39 is 29.3 Å². The van der Waals surface area contributed by atoms with Crippen molar-refractivity contribution in [2.24, 2.45) is 20.0 Å². The van der Waals surface area contributed by atoms with Crippen molar-refractivity contribution in [3.05, 3.63) is 51.1 Å². The maximum atomic E-state index is 12.9. The van der Waals surface area contributed by atoms with Crippen LogP contribution in [0, 0.1) is 5.92 Å². The number of hydrogen-bond acceptors (Lipinski definition) is 10. The molecule has 4 N–H and O–H groups in total. The normalized spacial score (nSPS) is 15.6. The van der Waals surface area contributed by atoms with Crippen LogP contribution in [0.15, 0.2) is 34.2 Å². The number of nitrogen functional groups attached to an aromatic ring is 1. The average molecular weight is 535 g/mol. The minimum Gasteiger partial charge on any atom is -0.385 e. The summed E-state index contributed by atoms with van der Waals surface area (Å²) in [6, 6.07) is 1.47. The lowest BCUT2D eigenvalue weighted by Crippen LogP contribution is -2.42. The Morgan fingerprint density at radius 1 is 1.16 bits per heavy atom. The van der Waals surface area contributed by atoms with Crippen molar-refractivity contribution in [3.8, 4) is 11.4 Å². The molecule has 202 valence electrons. The molecule has 1 fully saturated rings. The molecule has 0 aliphatic carbocycles. The zero-order valence-electron chi connectivity index (χ0n) is 20.5. The maximum Gasteiger partial charge on any atom is 0.393 e. The van der Waals surface area contributed by atoms with Crippen LogP contribution in [0.5, 0.6) is 0 Å². The van der Waals surface area contributed by atoms with Gasteiger partial charge in [-0.3, -0.25) is 18.7 Å². The molecule has 0 bridgehead atoms. The summed E-state index contributed by atoms with van der Waals surface area (Å²) in [5, 5.41) is 5.41. The van der Waals surface area contributed by atoms with Crippen LogP contribution in [0.25, 0.3) is 11.4 Å². The summed E-state index contributed by atoms with van der Waals surface area (Å²) >= 11 is 0. The van der Waals surface area contributed by atoms with Crippen molar-refractivity contribution < 1.29 is 18.0 Å². The number of amides is 1. The Morgan fingerprint density at radius 3 is 2.53 bits per heavy atom. The second-order valence-electron chi connectivity index (χ2n) is 8.73. The van der Waals surface area contributed by atoms with Gasteiger partial charge in [-0.25, -0.2) is 24.7 Å². The van der Waals surface area contributed by atoms with E-state index in [0.717, 1.165) is 9.13 Å². The van der Waals surface area contributed by atoms with Crippen molar-refractivity contribution in [1.82, 2.24) is 34.4 Å². The summed E-state index contributed by atoms with van der Waals surface area (Å²) in [6.45, 7) is -0.214. The molecule has 16 heteroatoms. The highest BCUT2D eigenvalue weighted by atomic mass is 19.4. The number of carbonyl (C=O) groups is 1. The Balaban J connectivity index is 1.35. The summed E-state index contributed by atoms with van der Waals surface area (Å²) in [6.07, 6.45) is -0.0334. The van der Waals surface area contributed by atoms with Crippen LogP contribution >= 0.6 is 0 Å². The molecule has 1 saturated heterocycles. The number of nitrogens with two attached hydrogens (primary N) is 1. The van der Waals surface area contributed by atoms with Crippen molar-refractivity contribution in [1.29, 1.82) is 0 Å². The molecular formula is C22H25F3N10O3. The third-order valence-electron chi connectivity index (χ3n) is 6.15. The van der Waals surface area contributed by atoms with Gasteiger partial charge in [-0.05, 0) is 12.5 Å². The van der Waals surface area contributed by atoms with Crippen molar-refractivity contribution >= 4 is 23.5 Å². The van der Waals surface area contributed by atoms with Gasteiger partial charge in [-0.1, -0.05) is 0 Å². The van der Waals surface area contributed by atoms with E-state index in [0.29, 0.717) is 5.56 Å². The van der Waals surface area contributed by atoms with Crippen LogP contribution in [-0.4, -0.2) is 60.8 Å². The Hall–Kier alpha value is -4.34. The van der Waals surface area contributed by atoms with Gasteiger partial charge in [0.15, 0.2) is 5.82 Å². The van der Waals surface area contributed by atoms with Crippen molar-refractivity contribution in [2.75, 3.05) is 35.6 Å². The minimum absolute atomic E-state index is 0.00425. The molecule has 1 aliphatic rings. The number of alkyl halides is 3. The quantitative estimate of drug-likeness (QED) is 0.376. The first-order valence-electron chi connectivity index (χ1n) is 11.5. The van der Waals surface area contributed by atoms with E-state index in [-0.39, 0.29) is 61.6 Å². The molecule has 4 heterocycles. The largest absolute Gasteiger partial charge is 0.393 e. The molecule has 0 saturated carbocycles. The van der Waals surface area contributed by atoms with E-state index in [9.17, 15) is 27.6 Å². The van der Waals surface area contributed by atoms with Crippen molar-refractivity contribution in [3.63, 3.8) is 0 Å². The van der Waals surface area contributed by atoms with Crippen LogP contribution in [0.2, 0.25) is 0 Å². The Bertz CT molecular complexity index is 1450. The second kappa shape index (κ2) is 10.6. The molecule has 1 atom stereocenters. The molecule has 13 nitrogen and oxygen atoms in total. The van der Waals surface area contributed by atoms with E-state index >= 15 is 0 Å². The number of hydrogen-bond donors (Lipinski definition) is 3. The third-order valence-corrected chi connectivity index (χ3v) is 6.15. The van der Waals surface area contributed by atoms with Gasteiger partial charge in [0.2, 0.25) is 11.9 Å². The SMILES string of the molecule is Cn1c(N)c(CNCC(=O)Nc2ccnc(-c3cnc(N4CCC(C(F)(F)F)C4)nc3)n2)c(=O)n(C)c1=O. The fourth-order valence-electron chi connectivity index (χ4n) is 3.96. The van der Waals surface area contributed by atoms with E-state index in [4.69, 9.17) is 5.73 Å². The number of nitrogens with one attached hydrogen (secondary N) is 2. The molecule has 3 aromatic heterocycles. The van der Waals surface area contributed by atoms with Gasteiger partial charge in [-0.2, -0.15) is 13.2 Å². The van der Waals surface area contributed by atoms with Gasteiger partial charge < -0.3 is 21.3 Å². The maximum absolute atomic E-state index is 12.9. The van der Waals surface area contributed by atoms with Crippen LogP contribution < -0.4 is 32.5 Å². The van der Waals surface area contributed by atoms with E-state index in [1.165, 1.54) is 43.7 Å². The zero-order chi connectivity index (χ0) is 27.6. The number of carbonyl (C=O) groups excluding carboxylic acids is 1. The lowest BCUT2D eigenvalue weighted by atomic mass is 10.1. The molecular weight excluding hydrogens is 509 g/mol. The predicted molar refractivity (Wildman–Crippen MR) is 131 cm³/mol. The smallest absolute Gasteiger partial charge is 0.385 e. The first kappa shape index (κ1) is 26.7. The second-order valence-corrected chi connectivity index (χ2v) is 8.73. The van der Waals surface area contributed by atoms with Crippen LogP contribution in [0.3, 0.4) is 0 Å². The van der Waals surface area contributed by atoms with Crippen molar-refractivity contribution in [2.45, 2.75) is 19.1 Å². The standard InChI is InChI=1S/C22H25F3N10O3/c1-33-17(26)14(19(37)34(2)21(33)38)9-27-10-16(36)31-15-3-5-28-18(32-15)12-7-29-20(30-8-12)35-6-4-13(11-35)22(23,24)25/h3,5,7-8,13,27H,4,6,9-11,26H2,1-2H3,(H,28,31,32,36). The Kier molecular flexibility index (Phi) is 7.43. The molecule has 38 heavy (non-hydrogen) atoms. The van der Waals surface area contributed by atoms with E-state index in [1.54, 1.807) is 0 Å². The fourth-order valence-corrected chi connectivity index (χ4v) is 3.96. The van der Waals surface area contributed by atoms with Crippen LogP contribution in [0.1, 0.15) is 12.0 Å². The fraction of sp³-hybridized carbons (Fsp3) is 0.409. The molecule has 1 amide bonds. The third kappa shape index (κ3) is 5.64. The highest BCUT2D eigenvalue weighted by Gasteiger charge is 2.44. The van der Waals surface area contributed by atoms with Gasteiger partial charge in [0.05, 0.1) is 23.6 Å². The number of rotatable bonds is 7. The van der Waals surface area contributed by atoms with Gasteiger partial charge in [-0.15, -0.1) is 0 Å². The molecule has 1 unspecified atom stereocenters. The van der Waals surface area contributed by atoms with Gasteiger partial charge in [0.1, 0.15) is 11.6 Å². The molecule has 4 rings (SSSR count). The minimum atomic E-state index is -4.26. The summed E-state index contributed by atoms with van der Waals surface area (Å²) in [4.78, 5) is 54.8. The summed E-state index contributed by atoms with van der Waals surface area (Å²) in [5.41, 5.74) is 5.32. The highest BCUT2D eigenvalue weighted by Crippen LogP contribution is 2.34. The Morgan fingerprint density at radius 2 is 1.87 bits per heavy atom. The first-order valence-corrected chi connectivity index (χ1v) is 11.5. The lowest BCUT2D eigenvalue weighted by Gasteiger charge is -2.17. The topological polar surface area (TPSA) is 166 Å². The van der Waals surface area contributed by atoms with Gasteiger partial charge >= 0.3 is 11.9 Å². The number of nitrogens with zero attached hydrogens (tertiary/aromatic N) is 7. The molecule has 0 aromatic carbocycles. The van der Waals surface area contributed by atoms with E-state index in [1.807, 2.05) is 0 Å². The highest BCUT2D eigenvalue weighted by molar-refractivity contribution is 5.91. The Labute approximate surface area is 213 Å². The monoisotopic (exact) mass is 534 g/mol. The van der Waals surface area contributed by atoms with Crippen LogP contribution in [0.4, 0.5) is 30.8 Å². The van der Waals surface area contributed by atoms with Gasteiger partial charge in [0.25, 0.3) is 5.56 Å². The van der Waals surface area contributed by atoms with Crippen LogP contribution in [-0.2, 0) is 25.4 Å². The number of halogens is 3. The average Bonchev–Trinajstić information content (AvgIpc) is 3.40. The predicted octanol–water partition coefficient (Wildman–Crippen LogP) is 0.0301. The molecule has 0 radical (unpaired) electrons. The summed E-state index contributed by atoms with van der Waals surface area (Å²) < 4.78 is 40.9. The summed E-state index contributed by atoms with van der Waals surface area (Å²) in [7, 11) is 2.77. The number of anilines is 3.